The van der Waals surface area contributed by atoms with Crippen molar-refractivity contribution < 1.29 is 32.2 Å². The molecule has 36 heavy (non-hydrogen) atoms. The van der Waals surface area contributed by atoms with E-state index in [4.69, 9.17) is 9.47 Å². The number of aromatic hydroxyl groups is 1. The van der Waals surface area contributed by atoms with Crippen LogP contribution in [-0.2, 0) is 21.3 Å². The molecule has 11 nitrogen and oxygen atoms in total. The quantitative estimate of drug-likeness (QED) is 0.534. The topological polar surface area (TPSA) is 140 Å². The van der Waals surface area contributed by atoms with Crippen molar-refractivity contribution in [2.75, 3.05) is 32.6 Å². The van der Waals surface area contributed by atoms with Crippen LogP contribution in [0.15, 0.2) is 35.1 Å². The van der Waals surface area contributed by atoms with Gasteiger partial charge in [0.1, 0.15) is 30.0 Å². The van der Waals surface area contributed by atoms with Crippen LogP contribution >= 0.6 is 0 Å². The van der Waals surface area contributed by atoms with Crippen LogP contribution in [0.5, 0.6) is 11.5 Å². The lowest BCUT2D eigenvalue weighted by Gasteiger charge is -2.27. The van der Waals surface area contributed by atoms with Crippen LogP contribution in [0.3, 0.4) is 0 Å². The summed E-state index contributed by atoms with van der Waals surface area (Å²) in [6.07, 6.45) is 3.35. The second kappa shape index (κ2) is 10.4. The molecule has 3 heterocycles. The zero-order chi connectivity index (χ0) is 26.0. The Morgan fingerprint density at radius 3 is 2.78 bits per heavy atom. The number of hydrogen-bond donors (Lipinski definition) is 2. The van der Waals surface area contributed by atoms with Crippen molar-refractivity contribution in [3.8, 4) is 11.5 Å². The Kier molecular flexibility index (Phi) is 7.43. The number of nitrogens with zero attached hydrogens (tertiary/aromatic N) is 3. The molecule has 13 heteroatoms. The van der Waals surface area contributed by atoms with Gasteiger partial charge in [-0.1, -0.05) is 25.1 Å². The predicted molar refractivity (Wildman–Crippen MR) is 127 cm³/mol. The molecule has 1 aromatic heterocycles. The smallest absolute Gasteiger partial charge is 0.296 e. The molecule has 2 unspecified atom stereocenters. The van der Waals surface area contributed by atoms with E-state index in [2.05, 4.69) is 10.3 Å². The summed E-state index contributed by atoms with van der Waals surface area (Å²) < 4.78 is 53.5. The molecular weight excluding hydrogens is 495 g/mol. The van der Waals surface area contributed by atoms with Gasteiger partial charge in [0.2, 0.25) is 15.8 Å². The van der Waals surface area contributed by atoms with E-state index in [1.807, 2.05) is 6.92 Å². The second-order valence-electron chi connectivity index (χ2n) is 8.47. The van der Waals surface area contributed by atoms with E-state index < -0.39 is 50.8 Å². The lowest BCUT2D eigenvalue weighted by Crippen LogP contribution is -2.40. The number of halogens is 1. The minimum atomic E-state index is -3.91. The molecule has 2 N–H and O–H groups in total. The first kappa shape index (κ1) is 25.8. The fourth-order valence-corrected chi connectivity index (χ4v) is 5.25. The van der Waals surface area contributed by atoms with E-state index >= 15 is 0 Å². The standard InChI is InChI=1S/C23H27FN4O7S/c1-3-16-12-34-13-17-21-26-19(20(29)23(31)28(16)21)22(30)25-11-14-6-7-15(24)10-18(14)35-8-4-5-9-36(32,33)27(17)2/h4-7,10,16-17,29H,3,8-9,11-13H2,1-2H3,(H,25,30). The third kappa shape index (κ3) is 4.99. The first-order chi connectivity index (χ1) is 17.1. The number of carbonyl (C=O) groups is 1. The Balaban J connectivity index is 1.87. The molecular formula is C23H27FN4O7S. The third-order valence-electron chi connectivity index (χ3n) is 6.21. The highest BCUT2D eigenvalue weighted by molar-refractivity contribution is 7.89. The maximum Gasteiger partial charge on any atom is 0.296 e. The van der Waals surface area contributed by atoms with Crippen molar-refractivity contribution in [2.45, 2.75) is 32.0 Å². The molecule has 2 aromatic rings. The summed E-state index contributed by atoms with van der Waals surface area (Å²) in [6.45, 7) is 1.68. The molecule has 2 aliphatic rings. The van der Waals surface area contributed by atoms with Gasteiger partial charge < -0.3 is 19.9 Å². The van der Waals surface area contributed by atoms with Crippen LogP contribution in [0.4, 0.5) is 4.39 Å². The van der Waals surface area contributed by atoms with Crippen LogP contribution in [-0.4, -0.2) is 65.9 Å². The van der Waals surface area contributed by atoms with Crippen molar-refractivity contribution in [3.05, 3.63) is 63.6 Å². The summed E-state index contributed by atoms with van der Waals surface area (Å²) in [5.74, 6) is -2.51. The first-order valence-corrected chi connectivity index (χ1v) is 13.0. The molecule has 0 spiro atoms. The summed E-state index contributed by atoms with van der Waals surface area (Å²) >= 11 is 0. The van der Waals surface area contributed by atoms with E-state index in [-0.39, 0.29) is 43.7 Å². The maximum atomic E-state index is 13.8. The van der Waals surface area contributed by atoms with Crippen LogP contribution in [0, 0.1) is 5.82 Å². The van der Waals surface area contributed by atoms with E-state index in [1.165, 1.54) is 35.9 Å². The van der Waals surface area contributed by atoms with Crippen LogP contribution < -0.4 is 15.6 Å². The normalized spacial score (nSPS) is 22.7. The number of nitrogens with one attached hydrogen (secondary N) is 1. The number of benzene rings is 1. The van der Waals surface area contributed by atoms with Crippen molar-refractivity contribution in [1.29, 1.82) is 0 Å². The van der Waals surface area contributed by atoms with Gasteiger partial charge >= 0.3 is 0 Å². The molecule has 0 saturated carbocycles. The summed E-state index contributed by atoms with van der Waals surface area (Å²) in [6, 6.07) is 2.23. The Labute approximate surface area is 207 Å². The lowest BCUT2D eigenvalue weighted by molar-refractivity contribution is 0.0860. The van der Waals surface area contributed by atoms with Gasteiger partial charge in [-0.2, -0.15) is 4.31 Å². The zero-order valence-corrected chi connectivity index (χ0v) is 20.6. The van der Waals surface area contributed by atoms with Crippen LogP contribution in [0.25, 0.3) is 0 Å². The van der Waals surface area contributed by atoms with E-state index in [9.17, 15) is 27.5 Å². The molecule has 0 radical (unpaired) electrons. The Morgan fingerprint density at radius 1 is 1.25 bits per heavy atom. The number of sulfonamides is 1. The number of aromatic nitrogens is 2. The number of hydrogen-bond acceptors (Lipinski definition) is 8. The van der Waals surface area contributed by atoms with Gasteiger partial charge in [-0.15, -0.1) is 0 Å². The highest BCUT2D eigenvalue weighted by atomic mass is 32.2. The number of amides is 1. The molecule has 0 fully saturated rings. The molecule has 4 rings (SSSR count). The second-order valence-corrected chi connectivity index (χ2v) is 10.5. The molecule has 2 aliphatic heterocycles. The fourth-order valence-electron chi connectivity index (χ4n) is 4.09. The van der Waals surface area contributed by atoms with Crippen molar-refractivity contribution in [3.63, 3.8) is 0 Å². The van der Waals surface area contributed by atoms with Crippen molar-refractivity contribution >= 4 is 15.9 Å². The molecule has 0 aliphatic carbocycles. The lowest BCUT2D eigenvalue weighted by atomic mass is 10.1. The number of fused-ring (bicyclic) bond motifs is 2. The molecule has 1 amide bonds. The van der Waals surface area contributed by atoms with Gasteiger partial charge in [0.25, 0.3) is 11.5 Å². The maximum absolute atomic E-state index is 13.8. The average Bonchev–Trinajstić information content (AvgIpc) is 3.03. The third-order valence-corrected chi connectivity index (χ3v) is 7.95. The van der Waals surface area contributed by atoms with Gasteiger partial charge in [0, 0.05) is 25.2 Å². The Morgan fingerprint density at radius 2 is 2.03 bits per heavy atom. The van der Waals surface area contributed by atoms with Crippen molar-refractivity contribution in [1.82, 2.24) is 19.2 Å². The Hall–Kier alpha value is -3.29. The van der Waals surface area contributed by atoms with E-state index in [0.717, 1.165) is 10.4 Å². The Bertz CT molecular complexity index is 1360. The van der Waals surface area contributed by atoms with Gasteiger partial charge in [-0.05, 0) is 12.5 Å². The van der Waals surface area contributed by atoms with Crippen LogP contribution in [0.2, 0.25) is 0 Å². The number of carbonyl (C=O) groups excluding carboxylic acids is 1. The number of ether oxygens (including phenoxy) is 2. The van der Waals surface area contributed by atoms with Gasteiger partial charge in [-0.25, -0.2) is 17.8 Å². The number of rotatable bonds is 1. The SMILES string of the molecule is CCC1COCC2c3nc(c(O)c(=O)n31)C(=O)NCc1ccc(F)cc1OCC=CCS(=O)(=O)N2C. The first-order valence-electron chi connectivity index (χ1n) is 11.4. The van der Waals surface area contributed by atoms with E-state index in [1.54, 1.807) is 0 Å². The summed E-state index contributed by atoms with van der Waals surface area (Å²) in [5.41, 5.74) is -0.985. The summed E-state index contributed by atoms with van der Waals surface area (Å²) in [7, 11) is -2.57. The highest BCUT2D eigenvalue weighted by Crippen LogP contribution is 2.29. The average molecular weight is 523 g/mol. The summed E-state index contributed by atoms with van der Waals surface area (Å²) in [4.78, 5) is 30.5. The number of likely N-dealkylation sites (N-methyl/N-ethyl adjacent to an activating group) is 1. The largest absolute Gasteiger partial charge is 0.501 e. The van der Waals surface area contributed by atoms with Gasteiger partial charge in [0.15, 0.2) is 5.69 Å². The molecule has 1 aromatic carbocycles. The minimum Gasteiger partial charge on any atom is -0.501 e. The molecule has 2 atom stereocenters. The molecule has 194 valence electrons. The fraction of sp³-hybridized carbons (Fsp3) is 0.435. The van der Waals surface area contributed by atoms with Gasteiger partial charge in [-0.3, -0.25) is 14.2 Å². The molecule has 0 saturated heterocycles. The van der Waals surface area contributed by atoms with Crippen molar-refractivity contribution in [2.24, 2.45) is 0 Å². The minimum absolute atomic E-state index is 0.000235. The predicted octanol–water partition coefficient (Wildman–Crippen LogP) is 1.25. The highest BCUT2D eigenvalue weighted by Gasteiger charge is 2.36. The zero-order valence-electron chi connectivity index (χ0n) is 19.8. The van der Waals surface area contributed by atoms with E-state index in [0.29, 0.717) is 12.0 Å². The molecule has 2 bridgehead atoms. The summed E-state index contributed by atoms with van der Waals surface area (Å²) in [5, 5.41) is 13.2. The monoisotopic (exact) mass is 522 g/mol. The van der Waals surface area contributed by atoms with Gasteiger partial charge in [0.05, 0.1) is 25.0 Å². The van der Waals surface area contributed by atoms with Crippen LogP contribution in [0.1, 0.15) is 47.3 Å².